The van der Waals surface area contributed by atoms with E-state index in [0.29, 0.717) is 11.8 Å². The van der Waals surface area contributed by atoms with Gasteiger partial charge in [-0.25, -0.2) is 0 Å². The summed E-state index contributed by atoms with van der Waals surface area (Å²) < 4.78 is 5.29. The number of benzene rings is 1. The van der Waals surface area contributed by atoms with Gasteiger partial charge in [-0.3, -0.25) is 0 Å². The molecule has 3 unspecified atom stereocenters. The Morgan fingerprint density at radius 3 is 2.72 bits per heavy atom. The van der Waals surface area contributed by atoms with Crippen molar-refractivity contribution in [2.45, 2.75) is 39.0 Å². The molecule has 1 aliphatic carbocycles. The average Bonchev–Trinajstić information content (AvgIpc) is 2.38. The van der Waals surface area contributed by atoms with E-state index < -0.39 is 0 Å². The summed E-state index contributed by atoms with van der Waals surface area (Å²) in [6, 6.07) is 6.46. The summed E-state index contributed by atoms with van der Waals surface area (Å²) in [5, 5.41) is 0. The average molecular weight is 247 g/mol. The number of hydrogen-bond acceptors (Lipinski definition) is 2. The van der Waals surface area contributed by atoms with Crippen LogP contribution in [-0.2, 0) is 0 Å². The van der Waals surface area contributed by atoms with Crippen molar-refractivity contribution in [3.63, 3.8) is 0 Å². The van der Waals surface area contributed by atoms with Crippen LogP contribution in [0.25, 0.3) is 0 Å². The minimum Gasteiger partial charge on any atom is -0.497 e. The summed E-state index contributed by atoms with van der Waals surface area (Å²) in [7, 11) is 1.72. The van der Waals surface area contributed by atoms with E-state index in [-0.39, 0.29) is 0 Å². The smallest absolute Gasteiger partial charge is 0.119 e. The standard InChI is InChI=1S/C16H25NO/c1-11-4-5-13(10-17)16(8-11)15-7-6-14(18-3)9-12(15)2/h6-7,9,11,13,16H,4-5,8,10,17H2,1-3H3. The summed E-state index contributed by atoms with van der Waals surface area (Å²) in [6.07, 6.45) is 3.87. The topological polar surface area (TPSA) is 35.2 Å². The predicted octanol–water partition coefficient (Wildman–Crippen LogP) is 3.48. The fourth-order valence-corrected chi connectivity index (χ4v) is 3.30. The fraction of sp³-hybridized carbons (Fsp3) is 0.625. The summed E-state index contributed by atoms with van der Waals surface area (Å²) in [6.45, 7) is 5.35. The SMILES string of the molecule is COc1ccc(C2CC(C)CCC2CN)c(C)c1. The van der Waals surface area contributed by atoms with Gasteiger partial charge in [0.25, 0.3) is 0 Å². The van der Waals surface area contributed by atoms with Gasteiger partial charge in [-0.05, 0) is 67.3 Å². The predicted molar refractivity (Wildman–Crippen MR) is 76.0 cm³/mol. The van der Waals surface area contributed by atoms with Gasteiger partial charge in [0.1, 0.15) is 5.75 Å². The summed E-state index contributed by atoms with van der Waals surface area (Å²) in [5.74, 6) is 3.04. The quantitative estimate of drug-likeness (QED) is 0.887. The minimum atomic E-state index is 0.629. The molecule has 1 fully saturated rings. The molecule has 100 valence electrons. The number of rotatable bonds is 3. The first-order chi connectivity index (χ1) is 8.65. The molecule has 2 rings (SSSR count). The number of aryl methyl sites for hydroxylation is 1. The molecule has 1 aliphatic rings. The Labute approximate surface area is 111 Å². The molecule has 1 aromatic rings. The number of hydrogen-bond donors (Lipinski definition) is 1. The van der Waals surface area contributed by atoms with Gasteiger partial charge in [0.15, 0.2) is 0 Å². The van der Waals surface area contributed by atoms with Crippen molar-refractivity contribution in [3.05, 3.63) is 29.3 Å². The molecule has 0 radical (unpaired) electrons. The maximum atomic E-state index is 5.96. The molecule has 3 atom stereocenters. The lowest BCUT2D eigenvalue weighted by atomic mass is 9.71. The van der Waals surface area contributed by atoms with E-state index in [1.54, 1.807) is 7.11 Å². The Bertz CT molecular complexity index is 402. The minimum absolute atomic E-state index is 0.629. The third kappa shape index (κ3) is 2.69. The monoisotopic (exact) mass is 247 g/mol. The van der Waals surface area contributed by atoms with Gasteiger partial charge in [-0.2, -0.15) is 0 Å². The Balaban J connectivity index is 2.27. The lowest BCUT2D eigenvalue weighted by molar-refractivity contribution is 0.253. The molecule has 1 aromatic carbocycles. The zero-order valence-electron chi connectivity index (χ0n) is 11.8. The van der Waals surface area contributed by atoms with Gasteiger partial charge in [0, 0.05) is 0 Å². The zero-order valence-corrected chi connectivity index (χ0v) is 11.8. The van der Waals surface area contributed by atoms with E-state index in [1.807, 2.05) is 0 Å². The molecular formula is C16H25NO. The zero-order chi connectivity index (χ0) is 13.1. The number of ether oxygens (including phenoxy) is 1. The Hall–Kier alpha value is -1.02. The molecular weight excluding hydrogens is 222 g/mol. The lowest BCUT2D eigenvalue weighted by Crippen LogP contribution is -2.28. The highest BCUT2D eigenvalue weighted by molar-refractivity contribution is 5.37. The van der Waals surface area contributed by atoms with Crippen molar-refractivity contribution < 1.29 is 4.74 Å². The van der Waals surface area contributed by atoms with Crippen LogP contribution in [0.3, 0.4) is 0 Å². The molecule has 0 bridgehead atoms. The van der Waals surface area contributed by atoms with Crippen molar-refractivity contribution in [1.29, 1.82) is 0 Å². The van der Waals surface area contributed by atoms with E-state index in [2.05, 4.69) is 32.0 Å². The second-order valence-corrected chi connectivity index (χ2v) is 5.74. The summed E-state index contributed by atoms with van der Waals surface area (Å²) in [5.41, 5.74) is 8.77. The van der Waals surface area contributed by atoms with Crippen LogP contribution in [0.5, 0.6) is 5.75 Å². The van der Waals surface area contributed by atoms with Gasteiger partial charge in [0.2, 0.25) is 0 Å². The molecule has 18 heavy (non-hydrogen) atoms. The second kappa shape index (κ2) is 5.75. The van der Waals surface area contributed by atoms with Gasteiger partial charge in [0.05, 0.1) is 7.11 Å². The van der Waals surface area contributed by atoms with Crippen LogP contribution in [0.1, 0.15) is 43.2 Å². The first-order valence-electron chi connectivity index (χ1n) is 7.00. The molecule has 2 nitrogen and oxygen atoms in total. The molecule has 0 spiro atoms. The fourth-order valence-electron chi connectivity index (χ4n) is 3.30. The van der Waals surface area contributed by atoms with Crippen molar-refractivity contribution in [2.24, 2.45) is 17.6 Å². The van der Waals surface area contributed by atoms with Gasteiger partial charge < -0.3 is 10.5 Å². The van der Waals surface area contributed by atoms with Crippen LogP contribution in [0.15, 0.2) is 18.2 Å². The van der Waals surface area contributed by atoms with Crippen molar-refractivity contribution in [3.8, 4) is 5.75 Å². The molecule has 0 amide bonds. The number of methoxy groups -OCH3 is 1. The second-order valence-electron chi connectivity index (χ2n) is 5.74. The highest BCUT2D eigenvalue weighted by atomic mass is 16.5. The van der Waals surface area contributed by atoms with Crippen molar-refractivity contribution in [1.82, 2.24) is 0 Å². The summed E-state index contributed by atoms with van der Waals surface area (Å²) >= 11 is 0. The molecule has 1 saturated carbocycles. The van der Waals surface area contributed by atoms with E-state index in [1.165, 1.54) is 30.4 Å². The Kier molecular flexibility index (Phi) is 4.28. The normalized spacial score (nSPS) is 28.1. The maximum Gasteiger partial charge on any atom is 0.119 e. The first kappa shape index (κ1) is 13.4. The maximum absolute atomic E-state index is 5.96. The van der Waals surface area contributed by atoms with E-state index >= 15 is 0 Å². The highest BCUT2D eigenvalue weighted by Gasteiger charge is 2.29. The van der Waals surface area contributed by atoms with Crippen LogP contribution in [-0.4, -0.2) is 13.7 Å². The largest absolute Gasteiger partial charge is 0.497 e. The van der Waals surface area contributed by atoms with Crippen molar-refractivity contribution in [2.75, 3.05) is 13.7 Å². The Morgan fingerprint density at radius 2 is 2.11 bits per heavy atom. The summed E-state index contributed by atoms with van der Waals surface area (Å²) in [4.78, 5) is 0. The molecule has 2 heteroatoms. The highest BCUT2D eigenvalue weighted by Crippen LogP contribution is 2.41. The lowest BCUT2D eigenvalue weighted by Gasteiger charge is -2.35. The van der Waals surface area contributed by atoms with Gasteiger partial charge in [-0.1, -0.05) is 19.4 Å². The molecule has 0 saturated heterocycles. The van der Waals surface area contributed by atoms with Crippen LogP contribution in [0.2, 0.25) is 0 Å². The van der Waals surface area contributed by atoms with Gasteiger partial charge in [-0.15, -0.1) is 0 Å². The van der Waals surface area contributed by atoms with Crippen LogP contribution < -0.4 is 10.5 Å². The third-order valence-electron chi connectivity index (χ3n) is 4.43. The number of nitrogens with two attached hydrogens (primary N) is 1. The van der Waals surface area contributed by atoms with Crippen LogP contribution in [0.4, 0.5) is 0 Å². The first-order valence-corrected chi connectivity index (χ1v) is 7.00. The molecule has 0 aliphatic heterocycles. The molecule has 0 aromatic heterocycles. The van der Waals surface area contributed by atoms with Crippen molar-refractivity contribution >= 4 is 0 Å². The van der Waals surface area contributed by atoms with Crippen LogP contribution in [0, 0.1) is 18.8 Å². The third-order valence-corrected chi connectivity index (χ3v) is 4.43. The van der Waals surface area contributed by atoms with Crippen LogP contribution >= 0.6 is 0 Å². The molecule has 2 N–H and O–H groups in total. The van der Waals surface area contributed by atoms with E-state index in [9.17, 15) is 0 Å². The Morgan fingerprint density at radius 1 is 1.33 bits per heavy atom. The molecule has 0 heterocycles. The van der Waals surface area contributed by atoms with E-state index in [4.69, 9.17) is 10.5 Å². The van der Waals surface area contributed by atoms with Gasteiger partial charge >= 0.3 is 0 Å². The van der Waals surface area contributed by atoms with E-state index in [0.717, 1.165) is 18.2 Å².